The van der Waals surface area contributed by atoms with Crippen LogP contribution in [0.25, 0.3) is 106 Å². The summed E-state index contributed by atoms with van der Waals surface area (Å²) in [6.07, 6.45) is 0. The van der Waals surface area contributed by atoms with Crippen LogP contribution in [0.2, 0.25) is 0 Å². The molecule has 11 aromatic rings. The molecule has 5 heteroatoms. The summed E-state index contributed by atoms with van der Waals surface area (Å²) in [6.45, 7) is 0. The van der Waals surface area contributed by atoms with Crippen molar-refractivity contribution in [2.24, 2.45) is 0 Å². The normalized spacial score (nSPS) is 11.6. The van der Waals surface area contributed by atoms with Gasteiger partial charge in [0.2, 0.25) is 0 Å². The van der Waals surface area contributed by atoms with Crippen LogP contribution in [0.1, 0.15) is 0 Å². The summed E-state index contributed by atoms with van der Waals surface area (Å²) in [7, 11) is 0. The number of pyridine rings is 1. The van der Waals surface area contributed by atoms with Crippen molar-refractivity contribution in [3.8, 4) is 62.0 Å². The highest BCUT2D eigenvalue weighted by molar-refractivity contribution is 6.24. The molecule has 0 aliphatic carbocycles. The molecule has 0 aliphatic rings. The molecule has 0 atom stereocenters. The molecule has 7 aromatic carbocycles. The largest absolute Gasteiger partial charge is 0.453 e. The third-order valence-electron chi connectivity index (χ3n) is 10.6. The molecule has 0 amide bonds. The van der Waals surface area contributed by atoms with Gasteiger partial charge < -0.3 is 8.98 Å². The Morgan fingerprint density at radius 2 is 0.911 bits per heavy atom. The minimum Gasteiger partial charge on any atom is -0.453 e. The van der Waals surface area contributed by atoms with E-state index in [1.54, 1.807) is 0 Å². The van der Waals surface area contributed by atoms with Crippen LogP contribution in [0.3, 0.4) is 0 Å². The van der Waals surface area contributed by atoms with Crippen LogP contribution >= 0.6 is 0 Å². The van der Waals surface area contributed by atoms with Crippen LogP contribution in [0.15, 0.2) is 199 Å². The third-order valence-corrected chi connectivity index (χ3v) is 10.6. The Balaban J connectivity index is 1.08. The van der Waals surface area contributed by atoms with Crippen molar-refractivity contribution >= 4 is 43.9 Å². The highest BCUT2D eigenvalue weighted by atomic mass is 16.3. The van der Waals surface area contributed by atoms with E-state index in [-0.39, 0.29) is 0 Å². The van der Waals surface area contributed by atoms with Gasteiger partial charge in [-0.3, -0.25) is 0 Å². The van der Waals surface area contributed by atoms with E-state index in [1.807, 2.05) is 42.5 Å². The van der Waals surface area contributed by atoms with Gasteiger partial charge in [0.25, 0.3) is 0 Å². The van der Waals surface area contributed by atoms with Gasteiger partial charge in [0.15, 0.2) is 11.4 Å². The molecule has 0 spiro atoms. The van der Waals surface area contributed by atoms with Gasteiger partial charge in [-0.1, -0.05) is 152 Å². The van der Waals surface area contributed by atoms with Crippen molar-refractivity contribution in [2.75, 3.05) is 0 Å². The molecule has 262 valence electrons. The van der Waals surface area contributed by atoms with Gasteiger partial charge in [0.1, 0.15) is 11.1 Å². The Morgan fingerprint density at radius 3 is 1.59 bits per heavy atom. The van der Waals surface area contributed by atoms with E-state index in [9.17, 15) is 0 Å². The maximum absolute atomic E-state index is 6.90. The molecule has 5 nitrogen and oxygen atoms in total. The highest BCUT2D eigenvalue weighted by Crippen LogP contribution is 2.44. The van der Waals surface area contributed by atoms with Gasteiger partial charge in [-0.2, -0.15) is 0 Å². The van der Waals surface area contributed by atoms with Gasteiger partial charge in [0, 0.05) is 38.7 Å². The Labute approximate surface area is 322 Å². The fraction of sp³-hybridized carbons (Fsp3) is 0. The van der Waals surface area contributed by atoms with Crippen LogP contribution in [0, 0.1) is 0 Å². The predicted molar refractivity (Wildman–Crippen MR) is 229 cm³/mol. The SMILES string of the molecule is c1ccc(-c2ccc(-c3cc(-c4ccc(-n5c6ccccc6c6oc7c8ccccc8nc(-c8ccccc8)c7c65)cc4)nc(-c4ccccc4)n3)cc2)cc1. The second-order valence-corrected chi connectivity index (χ2v) is 14.0. The van der Waals surface area contributed by atoms with E-state index in [0.717, 1.165) is 88.9 Å². The molecule has 4 heterocycles. The van der Waals surface area contributed by atoms with Gasteiger partial charge >= 0.3 is 0 Å². The van der Waals surface area contributed by atoms with Gasteiger partial charge in [-0.05, 0) is 53.6 Å². The van der Waals surface area contributed by atoms with Crippen molar-refractivity contribution in [1.82, 2.24) is 19.5 Å². The van der Waals surface area contributed by atoms with E-state index in [2.05, 4.69) is 156 Å². The minimum absolute atomic E-state index is 0.686. The number of fused-ring (bicyclic) bond motifs is 7. The molecule has 0 aliphatic heterocycles. The van der Waals surface area contributed by atoms with E-state index in [1.165, 1.54) is 11.1 Å². The first-order valence-electron chi connectivity index (χ1n) is 18.8. The van der Waals surface area contributed by atoms with E-state index in [4.69, 9.17) is 19.4 Å². The predicted octanol–water partition coefficient (Wildman–Crippen LogP) is 13.2. The van der Waals surface area contributed by atoms with Crippen LogP contribution < -0.4 is 0 Å². The van der Waals surface area contributed by atoms with Crippen LogP contribution in [0.5, 0.6) is 0 Å². The van der Waals surface area contributed by atoms with Gasteiger partial charge in [0.05, 0.1) is 33.5 Å². The van der Waals surface area contributed by atoms with E-state index >= 15 is 0 Å². The van der Waals surface area contributed by atoms with Gasteiger partial charge in [-0.25, -0.2) is 15.0 Å². The summed E-state index contributed by atoms with van der Waals surface area (Å²) in [6, 6.07) is 67.1. The smallest absolute Gasteiger partial charge is 0.161 e. The summed E-state index contributed by atoms with van der Waals surface area (Å²) in [5.41, 5.74) is 14.7. The second kappa shape index (κ2) is 13.0. The molecule has 0 saturated heterocycles. The molecule has 0 saturated carbocycles. The Bertz CT molecular complexity index is 3200. The van der Waals surface area contributed by atoms with Crippen molar-refractivity contribution < 1.29 is 4.42 Å². The monoisotopic (exact) mass is 716 g/mol. The quantitative estimate of drug-likeness (QED) is 0.172. The summed E-state index contributed by atoms with van der Waals surface area (Å²) in [4.78, 5) is 15.5. The fourth-order valence-electron chi connectivity index (χ4n) is 7.93. The molecule has 0 fully saturated rings. The third kappa shape index (κ3) is 5.29. The number of nitrogens with zero attached hydrogens (tertiary/aromatic N) is 4. The lowest BCUT2D eigenvalue weighted by Gasteiger charge is -2.12. The lowest BCUT2D eigenvalue weighted by Crippen LogP contribution is -1.97. The van der Waals surface area contributed by atoms with Gasteiger partial charge in [-0.15, -0.1) is 0 Å². The molecular weight excluding hydrogens is 685 g/mol. The number of hydrogen-bond donors (Lipinski definition) is 0. The summed E-state index contributed by atoms with van der Waals surface area (Å²) in [5.74, 6) is 0.686. The summed E-state index contributed by atoms with van der Waals surface area (Å²) in [5, 5.41) is 3.04. The number of furan rings is 1. The number of para-hydroxylation sites is 2. The number of benzene rings is 7. The number of aromatic nitrogens is 4. The maximum atomic E-state index is 6.90. The topological polar surface area (TPSA) is 56.7 Å². The summed E-state index contributed by atoms with van der Waals surface area (Å²) >= 11 is 0. The highest BCUT2D eigenvalue weighted by Gasteiger charge is 2.24. The maximum Gasteiger partial charge on any atom is 0.161 e. The fourth-order valence-corrected chi connectivity index (χ4v) is 7.93. The summed E-state index contributed by atoms with van der Waals surface area (Å²) < 4.78 is 9.22. The average molecular weight is 717 g/mol. The molecular formula is C51H32N4O. The molecule has 4 aromatic heterocycles. The lowest BCUT2D eigenvalue weighted by molar-refractivity contribution is 0.676. The molecule has 56 heavy (non-hydrogen) atoms. The molecule has 11 rings (SSSR count). The number of hydrogen-bond acceptors (Lipinski definition) is 4. The van der Waals surface area contributed by atoms with Crippen molar-refractivity contribution in [1.29, 1.82) is 0 Å². The Hall–Kier alpha value is -7.63. The molecule has 0 bridgehead atoms. The van der Waals surface area contributed by atoms with Crippen molar-refractivity contribution in [3.63, 3.8) is 0 Å². The molecule has 0 unspecified atom stereocenters. The molecule has 0 N–H and O–H groups in total. The Kier molecular flexibility index (Phi) is 7.42. The standard InChI is InChI=1S/C51H32N4O/c1-4-14-33(15-5-1)34-24-26-35(27-25-34)43-32-44(54-51(53-43)38-18-8-3-9-19-38)36-28-30-39(31-29-36)55-45-23-13-11-21-41(45)50-48(55)46-47(37-16-6-2-7-17-37)52-42-22-12-10-20-40(42)49(46)56-50/h1-32H. The zero-order chi connectivity index (χ0) is 37.0. The first kappa shape index (κ1) is 31.9. The number of rotatable bonds is 6. The minimum atomic E-state index is 0.686. The lowest BCUT2D eigenvalue weighted by atomic mass is 10.0. The van der Waals surface area contributed by atoms with Crippen LogP contribution in [-0.4, -0.2) is 19.5 Å². The first-order chi connectivity index (χ1) is 27.8. The zero-order valence-corrected chi connectivity index (χ0v) is 30.2. The van der Waals surface area contributed by atoms with E-state index in [0.29, 0.717) is 5.82 Å². The van der Waals surface area contributed by atoms with Crippen LogP contribution in [0.4, 0.5) is 0 Å². The van der Waals surface area contributed by atoms with E-state index < -0.39 is 0 Å². The van der Waals surface area contributed by atoms with Crippen molar-refractivity contribution in [3.05, 3.63) is 194 Å². The Morgan fingerprint density at radius 1 is 0.393 bits per heavy atom. The van der Waals surface area contributed by atoms with Crippen molar-refractivity contribution in [2.45, 2.75) is 0 Å². The molecule has 0 radical (unpaired) electrons. The second-order valence-electron chi connectivity index (χ2n) is 14.0. The average Bonchev–Trinajstić information content (AvgIpc) is 3.83. The van der Waals surface area contributed by atoms with Crippen LogP contribution in [-0.2, 0) is 0 Å². The first-order valence-corrected chi connectivity index (χ1v) is 18.8. The zero-order valence-electron chi connectivity index (χ0n) is 30.2.